The Kier molecular flexibility index (Phi) is 9.90. The summed E-state index contributed by atoms with van der Waals surface area (Å²) in [6.45, 7) is 8.86. The van der Waals surface area contributed by atoms with Crippen molar-refractivity contribution in [1.82, 2.24) is 15.5 Å². The summed E-state index contributed by atoms with van der Waals surface area (Å²) < 4.78 is 0. The molecule has 0 saturated heterocycles. The first kappa shape index (κ1) is 20.5. The van der Waals surface area contributed by atoms with Crippen LogP contribution >= 0.6 is 35.6 Å². The zero-order chi connectivity index (χ0) is 15.8. The number of likely N-dealkylation sites (N-methyl/N-ethyl adjacent to an activating group) is 1. The van der Waals surface area contributed by atoms with Gasteiger partial charge in [-0.05, 0) is 37.9 Å². The van der Waals surface area contributed by atoms with Crippen molar-refractivity contribution in [2.24, 2.45) is 4.99 Å². The van der Waals surface area contributed by atoms with Gasteiger partial charge in [0.1, 0.15) is 0 Å². The summed E-state index contributed by atoms with van der Waals surface area (Å²) >= 11 is 6.17. The summed E-state index contributed by atoms with van der Waals surface area (Å²) in [6, 6.07) is 8.67. The summed E-state index contributed by atoms with van der Waals surface area (Å²) in [4.78, 5) is 7.15. The predicted molar refractivity (Wildman–Crippen MR) is 110 cm³/mol. The van der Waals surface area contributed by atoms with Crippen LogP contribution in [0.2, 0.25) is 5.02 Å². The van der Waals surface area contributed by atoms with Gasteiger partial charge in [-0.15, -0.1) is 24.0 Å². The summed E-state index contributed by atoms with van der Waals surface area (Å²) in [6.07, 6.45) is 2.71. The van der Waals surface area contributed by atoms with E-state index >= 15 is 0 Å². The number of benzene rings is 1. The number of nitrogens with one attached hydrogen (secondary N) is 2. The highest BCUT2D eigenvalue weighted by atomic mass is 127. The van der Waals surface area contributed by atoms with E-state index in [-0.39, 0.29) is 24.0 Å². The van der Waals surface area contributed by atoms with E-state index in [1.807, 2.05) is 24.3 Å². The van der Waals surface area contributed by atoms with Crippen LogP contribution < -0.4 is 10.6 Å². The highest BCUT2D eigenvalue weighted by molar-refractivity contribution is 14.0. The van der Waals surface area contributed by atoms with E-state index in [2.05, 4.69) is 34.4 Å². The minimum atomic E-state index is 0. The molecule has 1 aliphatic rings. The largest absolute Gasteiger partial charge is 0.357 e. The average molecular weight is 451 g/mol. The molecule has 130 valence electrons. The molecule has 0 aromatic heterocycles. The second-order valence-electron chi connectivity index (χ2n) is 5.57. The van der Waals surface area contributed by atoms with Crippen LogP contribution in [0.1, 0.15) is 32.3 Å². The first-order chi connectivity index (χ1) is 10.7. The van der Waals surface area contributed by atoms with Gasteiger partial charge in [-0.2, -0.15) is 0 Å². The molecule has 0 atom stereocenters. The average Bonchev–Trinajstić information content (AvgIpc) is 3.35. The van der Waals surface area contributed by atoms with Crippen molar-refractivity contribution in [3.63, 3.8) is 0 Å². The molecule has 2 N–H and O–H groups in total. The second-order valence-corrected chi connectivity index (χ2v) is 5.98. The van der Waals surface area contributed by atoms with Crippen molar-refractivity contribution in [1.29, 1.82) is 0 Å². The fraction of sp³-hybridized carbons (Fsp3) is 0.588. The third-order valence-corrected chi connectivity index (χ3v) is 4.24. The molecule has 0 bridgehead atoms. The van der Waals surface area contributed by atoms with Gasteiger partial charge in [0.2, 0.25) is 0 Å². The number of rotatable bonds is 8. The van der Waals surface area contributed by atoms with E-state index in [0.717, 1.165) is 48.8 Å². The molecule has 4 nitrogen and oxygen atoms in total. The van der Waals surface area contributed by atoms with Crippen molar-refractivity contribution < 1.29 is 0 Å². The molecule has 2 rings (SSSR count). The van der Waals surface area contributed by atoms with Gasteiger partial charge < -0.3 is 10.6 Å². The molecule has 1 aliphatic carbocycles. The minimum Gasteiger partial charge on any atom is -0.357 e. The van der Waals surface area contributed by atoms with Gasteiger partial charge in [-0.25, -0.2) is 4.99 Å². The maximum atomic E-state index is 6.17. The molecule has 1 aromatic carbocycles. The molecule has 0 heterocycles. The normalized spacial score (nSPS) is 14.5. The molecule has 1 saturated carbocycles. The lowest BCUT2D eigenvalue weighted by Crippen LogP contribution is -2.42. The molecule has 6 heteroatoms. The Morgan fingerprint density at radius 2 is 2.00 bits per heavy atom. The second kappa shape index (κ2) is 11.1. The Morgan fingerprint density at radius 3 is 2.61 bits per heavy atom. The van der Waals surface area contributed by atoms with E-state index < -0.39 is 0 Å². The van der Waals surface area contributed by atoms with Crippen molar-refractivity contribution >= 4 is 41.5 Å². The Morgan fingerprint density at radius 1 is 1.26 bits per heavy atom. The zero-order valence-electron chi connectivity index (χ0n) is 14.0. The number of hydrogen-bond acceptors (Lipinski definition) is 2. The van der Waals surface area contributed by atoms with Crippen LogP contribution in [0, 0.1) is 0 Å². The fourth-order valence-corrected chi connectivity index (χ4v) is 2.68. The number of hydrogen-bond donors (Lipinski definition) is 2. The van der Waals surface area contributed by atoms with Crippen LogP contribution in [-0.2, 0) is 6.54 Å². The highest BCUT2D eigenvalue weighted by Gasteiger charge is 2.27. The van der Waals surface area contributed by atoms with Crippen molar-refractivity contribution in [2.75, 3.05) is 26.2 Å². The SMILES string of the molecule is CCNC(=NCc1ccccc1Cl)NCCN(CC)C1CC1.I. The zero-order valence-corrected chi connectivity index (χ0v) is 17.1. The van der Waals surface area contributed by atoms with Crippen LogP contribution in [0.25, 0.3) is 0 Å². The molecule has 0 unspecified atom stereocenters. The molecule has 0 spiro atoms. The molecule has 0 radical (unpaired) electrons. The lowest BCUT2D eigenvalue weighted by Gasteiger charge is -2.20. The number of halogens is 2. The van der Waals surface area contributed by atoms with Crippen LogP contribution in [0.4, 0.5) is 0 Å². The molecule has 0 amide bonds. The highest BCUT2D eigenvalue weighted by Crippen LogP contribution is 2.25. The van der Waals surface area contributed by atoms with Crippen molar-refractivity contribution in [2.45, 2.75) is 39.3 Å². The summed E-state index contributed by atoms with van der Waals surface area (Å²) in [5.74, 6) is 0.856. The Labute approximate surface area is 162 Å². The fourth-order valence-electron chi connectivity index (χ4n) is 2.49. The number of nitrogens with zero attached hydrogens (tertiary/aromatic N) is 2. The topological polar surface area (TPSA) is 39.7 Å². The monoisotopic (exact) mass is 450 g/mol. The van der Waals surface area contributed by atoms with Crippen LogP contribution in [0.5, 0.6) is 0 Å². The van der Waals surface area contributed by atoms with E-state index in [4.69, 9.17) is 11.6 Å². The van der Waals surface area contributed by atoms with Gasteiger partial charge in [0.25, 0.3) is 0 Å². The van der Waals surface area contributed by atoms with E-state index in [1.165, 1.54) is 12.8 Å². The Bertz CT molecular complexity index is 491. The van der Waals surface area contributed by atoms with Gasteiger partial charge in [0, 0.05) is 30.7 Å². The van der Waals surface area contributed by atoms with Gasteiger partial charge in [-0.3, -0.25) is 4.90 Å². The summed E-state index contributed by atoms with van der Waals surface area (Å²) in [7, 11) is 0. The molecule has 1 aromatic rings. The Balaban J connectivity index is 0.00000264. The van der Waals surface area contributed by atoms with Crippen molar-refractivity contribution in [3.05, 3.63) is 34.9 Å². The van der Waals surface area contributed by atoms with E-state index in [9.17, 15) is 0 Å². The summed E-state index contributed by atoms with van der Waals surface area (Å²) in [5.41, 5.74) is 1.05. The van der Waals surface area contributed by atoms with Gasteiger partial charge in [0.15, 0.2) is 5.96 Å². The maximum absolute atomic E-state index is 6.17. The lowest BCUT2D eigenvalue weighted by atomic mass is 10.2. The quantitative estimate of drug-likeness (QED) is 0.362. The summed E-state index contributed by atoms with van der Waals surface area (Å²) in [5, 5.41) is 7.47. The third kappa shape index (κ3) is 7.27. The number of aliphatic imine (C=N–C) groups is 1. The van der Waals surface area contributed by atoms with E-state index in [1.54, 1.807) is 0 Å². The molecule has 1 fully saturated rings. The first-order valence-corrected chi connectivity index (χ1v) is 8.62. The van der Waals surface area contributed by atoms with Gasteiger partial charge >= 0.3 is 0 Å². The van der Waals surface area contributed by atoms with Crippen LogP contribution in [0.15, 0.2) is 29.3 Å². The van der Waals surface area contributed by atoms with Crippen molar-refractivity contribution in [3.8, 4) is 0 Å². The Hall–Kier alpha value is -0.530. The minimum absolute atomic E-state index is 0. The molecular formula is C17H28ClIN4. The standard InChI is InChI=1S/C17H27ClN4.HI/c1-3-19-17(20-11-12-22(4-2)15-9-10-15)21-13-14-7-5-6-8-16(14)18;/h5-8,15H,3-4,9-13H2,1-2H3,(H2,19,20,21);1H. The van der Waals surface area contributed by atoms with Crippen LogP contribution in [-0.4, -0.2) is 43.1 Å². The smallest absolute Gasteiger partial charge is 0.191 e. The predicted octanol–water partition coefficient (Wildman–Crippen LogP) is 3.50. The number of guanidine groups is 1. The molecule has 0 aliphatic heterocycles. The lowest BCUT2D eigenvalue weighted by molar-refractivity contribution is 0.282. The molecular weight excluding hydrogens is 423 g/mol. The van der Waals surface area contributed by atoms with E-state index in [0.29, 0.717) is 6.54 Å². The van der Waals surface area contributed by atoms with Gasteiger partial charge in [-0.1, -0.05) is 36.7 Å². The third-order valence-electron chi connectivity index (χ3n) is 3.87. The van der Waals surface area contributed by atoms with Gasteiger partial charge in [0.05, 0.1) is 6.54 Å². The van der Waals surface area contributed by atoms with Crippen LogP contribution in [0.3, 0.4) is 0 Å². The maximum Gasteiger partial charge on any atom is 0.191 e. The molecule has 23 heavy (non-hydrogen) atoms. The first-order valence-electron chi connectivity index (χ1n) is 8.24.